The van der Waals surface area contributed by atoms with Crippen molar-refractivity contribution in [2.75, 3.05) is 11.4 Å². The smallest absolute Gasteiger partial charge is 0.260 e. The zero-order chi connectivity index (χ0) is 31.1. The van der Waals surface area contributed by atoms with Crippen LogP contribution in [0.4, 0.5) is 5.69 Å². The molecule has 9 nitrogen and oxygen atoms in total. The Balaban J connectivity index is 1.83. The molecule has 0 radical (unpaired) electrons. The van der Waals surface area contributed by atoms with Gasteiger partial charge in [-0.2, -0.15) is 0 Å². The first kappa shape index (κ1) is 33.8. The maximum atomic E-state index is 13.3. The monoisotopic (exact) mass is 655 g/mol. The van der Waals surface area contributed by atoms with Crippen LogP contribution in [0.15, 0.2) is 47.1 Å². The fourth-order valence-electron chi connectivity index (χ4n) is 4.22. The molecule has 0 bridgehead atoms. The lowest BCUT2D eigenvalue weighted by atomic mass is 9.95. The van der Waals surface area contributed by atoms with Crippen LogP contribution in [0.1, 0.15) is 40.5 Å². The molecular weight excluding hydrogens is 624 g/mol. The third-order valence-electron chi connectivity index (χ3n) is 6.94. The van der Waals surface area contributed by atoms with Crippen LogP contribution in [0.3, 0.4) is 0 Å². The van der Waals surface area contributed by atoms with Crippen molar-refractivity contribution in [1.82, 2.24) is 15.5 Å². The zero-order valence-electron chi connectivity index (χ0n) is 23.6. The van der Waals surface area contributed by atoms with Gasteiger partial charge in [0.05, 0.1) is 22.1 Å². The summed E-state index contributed by atoms with van der Waals surface area (Å²) in [5.74, 6) is -1.25. The van der Waals surface area contributed by atoms with E-state index < -0.39 is 28.7 Å². The van der Waals surface area contributed by atoms with Gasteiger partial charge in [-0.15, -0.1) is 0 Å². The van der Waals surface area contributed by atoms with E-state index in [1.165, 1.54) is 11.1 Å². The molecule has 3 rings (SSSR count). The summed E-state index contributed by atoms with van der Waals surface area (Å²) < 4.78 is 5.50. The fourth-order valence-corrected chi connectivity index (χ4v) is 5.05. The number of ketones is 1. The van der Waals surface area contributed by atoms with Crippen LogP contribution in [0.2, 0.25) is 10.0 Å². The van der Waals surface area contributed by atoms with E-state index in [9.17, 15) is 14.4 Å². The summed E-state index contributed by atoms with van der Waals surface area (Å²) in [5, 5.41) is 7.66. The molecule has 0 fully saturated rings. The fraction of sp³-hybridized carbons (Fsp3) is 0.414. The molecule has 1 aromatic carbocycles. The average molecular weight is 657 g/mol. The highest BCUT2D eigenvalue weighted by Gasteiger charge is 2.30. The number of hydrogen-bond acceptors (Lipinski definition) is 7. The van der Waals surface area contributed by atoms with Crippen molar-refractivity contribution < 1.29 is 18.9 Å². The lowest BCUT2D eigenvalue weighted by molar-refractivity contribution is -0.130. The molecule has 0 saturated carbocycles. The highest BCUT2D eigenvalue weighted by atomic mass is 35.5. The summed E-state index contributed by atoms with van der Waals surface area (Å²) in [6.45, 7) is 7.42. The molecule has 0 aliphatic heterocycles. The van der Waals surface area contributed by atoms with Gasteiger partial charge in [-0.3, -0.25) is 19.4 Å². The lowest BCUT2D eigenvalue weighted by Crippen LogP contribution is -2.52. The summed E-state index contributed by atoms with van der Waals surface area (Å²) >= 11 is 24.5. The van der Waals surface area contributed by atoms with Gasteiger partial charge in [0.15, 0.2) is 16.4 Å². The van der Waals surface area contributed by atoms with Crippen LogP contribution in [0, 0.1) is 11.8 Å². The predicted octanol–water partition coefficient (Wildman–Crippen LogP) is 6.32. The number of nitrogens with two attached hydrogens (primary N) is 1. The number of Topliss-reactive ketones (excluding diaryl/α,β-unsaturated/α-hetero) is 1. The number of nitrogens with one attached hydrogen (secondary N) is 1. The molecule has 0 saturated heterocycles. The summed E-state index contributed by atoms with van der Waals surface area (Å²) in [4.78, 5) is 43.2. The van der Waals surface area contributed by atoms with Gasteiger partial charge >= 0.3 is 0 Å². The molecule has 0 aliphatic rings. The Kier molecular flexibility index (Phi) is 12.2. The van der Waals surface area contributed by atoms with E-state index >= 15 is 0 Å². The largest absolute Gasteiger partial charge is 0.354 e. The quantitative estimate of drug-likeness (QED) is 0.206. The van der Waals surface area contributed by atoms with Crippen molar-refractivity contribution in [2.24, 2.45) is 17.6 Å². The minimum Gasteiger partial charge on any atom is -0.354 e. The normalized spacial score (nSPS) is 13.6. The summed E-state index contributed by atoms with van der Waals surface area (Å²) in [7, 11) is 0. The van der Waals surface area contributed by atoms with E-state index in [1.54, 1.807) is 36.4 Å². The van der Waals surface area contributed by atoms with Crippen LogP contribution >= 0.6 is 46.4 Å². The van der Waals surface area contributed by atoms with Crippen LogP contribution < -0.4 is 16.0 Å². The first-order valence-corrected chi connectivity index (χ1v) is 15.0. The Morgan fingerprint density at radius 1 is 1.05 bits per heavy atom. The molecule has 2 heterocycles. The Bertz CT molecular complexity index is 1390. The molecular formula is C29H33Cl4N5O4. The highest BCUT2D eigenvalue weighted by molar-refractivity contribution is 6.54. The second-order valence-electron chi connectivity index (χ2n) is 10.2. The minimum atomic E-state index is -1.38. The maximum Gasteiger partial charge on any atom is 0.260 e. The van der Waals surface area contributed by atoms with Crippen LogP contribution in [0.5, 0.6) is 0 Å². The Morgan fingerprint density at radius 3 is 2.31 bits per heavy atom. The molecule has 0 spiro atoms. The van der Waals surface area contributed by atoms with E-state index in [-0.39, 0.29) is 30.6 Å². The minimum absolute atomic E-state index is 0.0478. The number of halogens is 4. The van der Waals surface area contributed by atoms with Crippen molar-refractivity contribution in [1.29, 1.82) is 0 Å². The van der Waals surface area contributed by atoms with Gasteiger partial charge in [0.2, 0.25) is 5.91 Å². The van der Waals surface area contributed by atoms with Crippen molar-refractivity contribution in [3.8, 4) is 22.7 Å². The standard InChI is InChI=1S/C29H33Cl4N5O4/c1-5-16(4)25(34)28(40)36-26(15(2)3)22(39)10-12-38(29(41)27(32)33)17-9-11-35-20(13-17)23-14-21(37-42-23)24-18(30)7-6-8-19(24)31/h6-9,11,13-16,25-27H,5,10,12,34H2,1-4H3,(H,36,40). The second kappa shape index (κ2) is 15.2. The van der Waals surface area contributed by atoms with Crippen molar-refractivity contribution in [3.05, 3.63) is 52.6 Å². The topological polar surface area (TPSA) is 131 Å². The predicted molar refractivity (Wildman–Crippen MR) is 167 cm³/mol. The van der Waals surface area contributed by atoms with Gasteiger partial charge in [-0.05, 0) is 36.1 Å². The van der Waals surface area contributed by atoms with Crippen LogP contribution in [-0.4, -0.2) is 51.2 Å². The number of nitrogens with zero attached hydrogens (tertiary/aromatic N) is 3. The Labute approximate surface area is 265 Å². The number of rotatable bonds is 13. The van der Waals surface area contributed by atoms with E-state index in [0.717, 1.165) is 6.42 Å². The van der Waals surface area contributed by atoms with Gasteiger partial charge < -0.3 is 20.5 Å². The van der Waals surface area contributed by atoms with E-state index in [1.807, 2.05) is 27.7 Å². The number of carbonyl (C=O) groups excluding carboxylic acids is 3. The molecule has 13 heteroatoms. The first-order valence-electron chi connectivity index (χ1n) is 13.4. The zero-order valence-corrected chi connectivity index (χ0v) is 26.6. The molecule has 3 unspecified atom stereocenters. The van der Waals surface area contributed by atoms with Gasteiger partial charge in [-0.25, -0.2) is 0 Å². The molecule has 226 valence electrons. The summed E-state index contributed by atoms with van der Waals surface area (Å²) in [6, 6.07) is 8.36. The molecule has 3 atom stereocenters. The summed E-state index contributed by atoms with van der Waals surface area (Å²) in [6.07, 6.45) is 2.12. The number of benzene rings is 1. The Morgan fingerprint density at radius 2 is 1.71 bits per heavy atom. The highest BCUT2D eigenvalue weighted by Crippen LogP contribution is 2.36. The third kappa shape index (κ3) is 8.23. The number of alkyl halides is 2. The maximum absolute atomic E-state index is 13.3. The molecule has 2 amide bonds. The van der Waals surface area contributed by atoms with E-state index in [2.05, 4.69) is 15.5 Å². The van der Waals surface area contributed by atoms with Crippen molar-refractivity contribution in [2.45, 2.75) is 57.5 Å². The molecule has 42 heavy (non-hydrogen) atoms. The first-order chi connectivity index (χ1) is 19.8. The second-order valence-corrected chi connectivity index (χ2v) is 12.1. The molecule has 0 aliphatic carbocycles. The Hall–Kier alpha value is -2.69. The van der Waals surface area contributed by atoms with Gasteiger partial charge in [0.25, 0.3) is 5.91 Å². The number of pyridine rings is 1. The van der Waals surface area contributed by atoms with Gasteiger partial charge in [-0.1, -0.05) is 91.7 Å². The molecule has 3 N–H and O–H groups in total. The van der Waals surface area contributed by atoms with Crippen LogP contribution in [-0.2, 0) is 14.4 Å². The SMILES string of the molecule is CCC(C)C(N)C(=O)NC(C(=O)CCN(C(=O)C(Cl)Cl)c1ccnc(-c2cc(-c3c(Cl)cccc3Cl)no2)c1)C(C)C. The number of hydrogen-bond donors (Lipinski definition) is 2. The van der Waals surface area contributed by atoms with Gasteiger partial charge in [0.1, 0.15) is 11.4 Å². The van der Waals surface area contributed by atoms with Crippen molar-refractivity contribution >= 4 is 69.7 Å². The summed E-state index contributed by atoms with van der Waals surface area (Å²) in [5.41, 5.74) is 7.71. The average Bonchev–Trinajstić information content (AvgIpc) is 3.44. The molecule has 2 aromatic heterocycles. The number of aromatic nitrogens is 2. The van der Waals surface area contributed by atoms with E-state index in [4.69, 9.17) is 56.7 Å². The van der Waals surface area contributed by atoms with Gasteiger partial charge in [0, 0.05) is 36.5 Å². The third-order valence-corrected chi connectivity index (χ3v) is 7.95. The van der Waals surface area contributed by atoms with Crippen molar-refractivity contribution in [3.63, 3.8) is 0 Å². The lowest BCUT2D eigenvalue weighted by Gasteiger charge is -2.27. The number of anilines is 1. The van der Waals surface area contributed by atoms with E-state index in [0.29, 0.717) is 38.4 Å². The van der Waals surface area contributed by atoms with Crippen LogP contribution in [0.25, 0.3) is 22.7 Å². The molecule has 3 aromatic rings. The number of amides is 2. The number of carbonyl (C=O) groups is 3.